The first-order valence-electron chi connectivity index (χ1n) is 5.77. The molecule has 0 saturated heterocycles. The lowest BCUT2D eigenvalue weighted by Gasteiger charge is -2.13. The third-order valence-electron chi connectivity index (χ3n) is 2.55. The lowest BCUT2D eigenvalue weighted by molar-refractivity contribution is -0.117. The summed E-state index contributed by atoms with van der Waals surface area (Å²) in [5.41, 5.74) is 5.64. The average molecular weight is 300 g/mol. The van der Waals surface area contributed by atoms with E-state index in [1.807, 2.05) is 0 Å². The molecule has 1 amide bonds. The molecule has 0 saturated carbocycles. The summed E-state index contributed by atoms with van der Waals surface area (Å²) in [6.07, 6.45) is 1.03. The van der Waals surface area contributed by atoms with Crippen LogP contribution in [-0.4, -0.2) is 43.5 Å². The summed E-state index contributed by atoms with van der Waals surface area (Å²) < 4.78 is 22.0. The first kappa shape index (κ1) is 16.1. The van der Waals surface area contributed by atoms with Crippen LogP contribution in [0.2, 0.25) is 0 Å². The first-order chi connectivity index (χ1) is 9.20. The Morgan fingerprint density at radius 2 is 1.95 bits per heavy atom. The molecule has 1 aromatic rings. The van der Waals surface area contributed by atoms with Crippen LogP contribution in [0, 0.1) is 0 Å². The van der Waals surface area contributed by atoms with Gasteiger partial charge in [-0.25, -0.2) is 13.2 Å². The molecule has 0 fully saturated rings. The zero-order valence-corrected chi connectivity index (χ0v) is 11.7. The van der Waals surface area contributed by atoms with Crippen molar-refractivity contribution in [1.29, 1.82) is 0 Å². The minimum atomic E-state index is -3.20. The number of rotatable bonds is 6. The molecule has 0 aliphatic rings. The number of hydrogen-bond acceptors (Lipinski definition) is 5. The van der Waals surface area contributed by atoms with Gasteiger partial charge in [-0.3, -0.25) is 4.79 Å². The molecule has 1 unspecified atom stereocenters. The maximum Gasteiger partial charge on any atom is 0.337 e. The molecular formula is C12H16N2O5S. The molecule has 0 aromatic heterocycles. The van der Waals surface area contributed by atoms with Crippen molar-refractivity contribution in [3.8, 4) is 0 Å². The molecule has 1 atom stereocenters. The first-order valence-corrected chi connectivity index (χ1v) is 7.83. The number of hydrogen-bond donors (Lipinski definition) is 3. The Kier molecular flexibility index (Phi) is 5.23. The number of carbonyl (C=O) groups is 2. The van der Waals surface area contributed by atoms with Crippen molar-refractivity contribution < 1.29 is 23.1 Å². The molecule has 7 nitrogen and oxygen atoms in total. The normalized spacial score (nSPS) is 12.7. The van der Waals surface area contributed by atoms with Crippen molar-refractivity contribution in [3.63, 3.8) is 0 Å². The van der Waals surface area contributed by atoms with Crippen molar-refractivity contribution in [1.82, 2.24) is 0 Å². The van der Waals surface area contributed by atoms with Crippen molar-refractivity contribution in [2.24, 2.45) is 5.73 Å². The smallest absolute Gasteiger partial charge is 0.337 e. The maximum absolute atomic E-state index is 11.8. The molecule has 4 N–H and O–H groups in total. The van der Waals surface area contributed by atoms with E-state index >= 15 is 0 Å². The highest BCUT2D eigenvalue weighted by Gasteiger charge is 2.18. The molecule has 0 aliphatic heterocycles. The Labute approximate surface area is 116 Å². The van der Waals surface area contributed by atoms with Crippen molar-refractivity contribution in [2.45, 2.75) is 12.5 Å². The predicted octanol–water partition coefficient (Wildman–Crippen LogP) is 0.0853. The highest BCUT2D eigenvalue weighted by Crippen LogP contribution is 2.15. The molecule has 1 aromatic carbocycles. The number of carboxylic acid groups (broad SMARTS) is 1. The van der Waals surface area contributed by atoms with E-state index in [2.05, 4.69) is 5.32 Å². The molecule has 0 radical (unpaired) electrons. The van der Waals surface area contributed by atoms with Crippen LogP contribution in [0.1, 0.15) is 16.8 Å². The lowest BCUT2D eigenvalue weighted by atomic mass is 10.1. The number of aromatic carboxylic acids is 1. The third-order valence-corrected chi connectivity index (χ3v) is 3.53. The number of nitrogens with two attached hydrogens (primary N) is 1. The maximum atomic E-state index is 11.8. The molecule has 0 spiro atoms. The molecule has 0 heterocycles. The van der Waals surface area contributed by atoms with Crippen LogP contribution in [0.5, 0.6) is 0 Å². The Morgan fingerprint density at radius 3 is 2.50 bits per heavy atom. The number of nitrogens with one attached hydrogen (secondary N) is 1. The highest BCUT2D eigenvalue weighted by atomic mass is 32.2. The average Bonchev–Trinajstić information content (AvgIpc) is 2.35. The van der Waals surface area contributed by atoms with Gasteiger partial charge in [0, 0.05) is 6.26 Å². The molecule has 110 valence electrons. The van der Waals surface area contributed by atoms with E-state index in [-0.39, 0.29) is 23.4 Å². The van der Waals surface area contributed by atoms with Crippen LogP contribution in [0.4, 0.5) is 5.69 Å². The van der Waals surface area contributed by atoms with E-state index in [9.17, 15) is 18.0 Å². The summed E-state index contributed by atoms with van der Waals surface area (Å²) in [5, 5.41) is 11.4. The number of amides is 1. The third kappa shape index (κ3) is 4.98. The van der Waals surface area contributed by atoms with Gasteiger partial charge in [-0.15, -0.1) is 0 Å². The minimum absolute atomic E-state index is 0.0279. The van der Waals surface area contributed by atoms with Gasteiger partial charge in [0.05, 0.1) is 23.0 Å². The van der Waals surface area contributed by atoms with E-state index in [0.29, 0.717) is 0 Å². The molecule has 0 aliphatic carbocycles. The lowest BCUT2D eigenvalue weighted by Crippen LogP contribution is -2.37. The molecular weight excluding hydrogens is 284 g/mol. The summed E-state index contributed by atoms with van der Waals surface area (Å²) in [7, 11) is -3.20. The van der Waals surface area contributed by atoms with Gasteiger partial charge in [-0.1, -0.05) is 12.1 Å². The van der Waals surface area contributed by atoms with E-state index in [4.69, 9.17) is 10.8 Å². The van der Waals surface area contributed by atoms with E-state index in [1.165, 1.54) is 18.2 Å². The summed E-state index contributed by atoms with van der Waals surface area (Å²) >= 11 is 0. The Hall–Kier alpha value is -1.93. The van der Waals surface area contributed by atoms with Crippen molar-refractivity contribution >= 4 is 27.4 Å². The Bertz CT molecular complexity index is 612. The van der Waals surface area contributed by atoms with Crippen LogP contribution < -0.4 is 11.1 Å². The molecule has 20 heavy (non-hydrogen) atoms. The van der Waals surface area contributed by atoms with E-state index < -0.39 is 27.8 Å². The second-order valence-corrected chi connectivity index (χ2v) is 6.62. The van der Waals surface area contributed by atoms with Crippen molar-refractivity contribution in [2.75, 3.05) is 17.3 Å². The summed E-state index contributed by atoms with van der Waals surface area (Å²) in [6, 6.07) is 4.86. The summed E-state index contributed by atoms with van der Waals surface area (Å²) in [4.78, 5) is 22.7. The van der Waals surface area contributed by atoms with Gasteiger partial charge < -0.3 is 16.2 Å². The number of para-hydroxylation sites is 1. The van der Waals surface area contributed by atoms with Crippen LogP contribution in [0.3, 0.4) is 0 Å². The Balaban J connectivity index is 2.73. The van der Waals surface area contributed by atoms with Gasteiger partial charge in [0.1, 0.15) is 9.84 Å². The van der Waals surface area contributed by atoms with Crippen LogP contribution >= 0.6 is 0 Å². The SMILES string of the molecule is CS(=O)(=O)CCC(N)C(=O)Nc1ccccc1C(=O)O. The monoisotopic (exact) mass is 300 g/mol. The summed E-state index contributed by atoms with van der Waals surface area (Å²) in [5.74, 6) is -2.00. The second-order valence-electron chi connectivity index (χ2n) is 4.37. The molecule has 1 rings (SSSR count). The fraction of sp³-hybridized carbons (Fsp3) is 0.333. The number of carbonyl (C=O) groups excluding carboxylic acids is 1. The fourth-order valence-electron chi connectivity index (χ4n) is 1.48. The number of carboxylic acids is 1. The van der Waals surface area contributed by atoms with Crippen LogP contribution in [-0.2, 0) is 14.6 Å². The minimum Gasteiger partial charge on any atom is -0.478 e. The quantitative estimate of drug-likeness (QED) is 0.683. The number of anilines is 1. The van der Waals surface area contributed by atoms with Gasteiger partial charge in [0.2, 0.25) is 5.91 Å². The topological polar surface area (TPSA) is 127 Å². The zero-order chi connectivity index (χ0) is 15.3. The zero-order valence-electron chi connectivity index (χ0n) is 10.9. The predicted molar refractivity (Wildman–Crippen MR) is 74.3 cm³/mol. The van der Waals surface area contributed by atoms with Crippen LogP contribution in [0.25, 0.3) is 0 Å². The van der Waals surface area contributed by atoms with Gasteiger partial charge in [-0.05, 0) is 18.6 Å². The van der Waals surface area contributed by atoms with Gasteiger partial charge in [0.15, 0.2) is 0 Å². The Morgan fingerprint density at radius 1 is 1.35 bits per heavy atom. The van der Waals surface area contributed by atoms with E-state index in [1.54, 1.807) is 6.07 Å². The van der Waals surface area contributed by atoms with Gasteiger partial charge >= 0.3 is 5.97 Å². The van der Waals surface area contributed by atoms with Gasteiger partial charge in [-0.2, -0.15) is 0 Å². The molecule has 8 heteroatoms. The standard InChI is InChI=1S/C12H16N2O5S/c1-20(18,19)7-6-9(13)11(15)14-10-5-3-2-4-8(10)12(16)17/h2-5,9H,6-7,13H2,1H3,(H,14,15)(H,16,17). The number of sulfone groups is 1. The number of benzene rings is 1. The summed E-state index contributed by atoms with van der Waals surface area (Å²) in [6.45, 7) is 0. The highest BCUT2D eigenvalue weighted by molar-refractivity contribution is 7.90. The largest absolute Gasteiger partial charge is 0.478 e. The van der Waals surface area contributed by atoms with Crippen LogP contribution in [0.15, 0.2) is 24.3 Å². The fourth-order valence-corrected chi connectivity index (χ4v) is 2.16. The van der Waals surface area contributed by atoms with Gasteiger partial charge in [0.25, 0.3) is 0 Å². The van der Waals surface area contributed by atoms with E-state index in [0.717, 1.165) is 6.26 Å². The molecule has 0 bridgehead atoms. The van der Waals surface area contributed by atoms with Crippen molar-refractivity contribution in [3.05, 3.63) is 29.8 Å². The second kappa shape index (κ2) is 6.49.